The van der Waals surface area contributed by atoms with Crippen molar-refractivity contribution in [3.63, 3.8) is 0 Å². The van der Waals surface area contributed by atoms with E-state index in [0.717, 1.165) is 11.8 Å². The molecule has 0 saturated heterocycles. The molecular weight excluding hydrogens is 369 g/mol. The van der Waals surface area contributed by atoms with E-state index in [0.29, 0.717) is 18.1 Å². The summed E-state index contributed by atoms with van der Waals surface area (Å²) in [5.41, 5.74) is -0.0910. The second-order valence-corrected chi connectivity index (χ2v) is 5.88. The van der Waals surface area contributed by atoms with Crippen LogP contribution in [0.5, 0.6) is 0 Å². The van der Waals surface area contributed by atoms with Crippen LogP contribution in [0, 0.1) is 6.92 Å². The quantitative estimate of drug-likeness (QED) is 0.618. The fourth-order valence-electron chi connectivity index (χ4n) is 2.26. The third-order valence-electron chi connectivity index (χ3n) is 3.41. The van der Waals surface area contributed by atoms with Gasteiger partial charge in [0.1, 0.15) is 11.6 Å². The first kappa shape index (κ1) is 18.1. The summed E-state index contributed by atoms with van der Waals surface area (Å²) >= 11 is 5.63. The van der Waals surface area contributed by atoms with E-state index in [1.165, 1.54) is 12.1 Å². The van der Waals surface area contributed by atoms with Gasteiger partial charge in [-0.15, -0.1) is 0 Å². The molecule has 9 heteroatoms. The number of furan rings is 1. The highest BCUT2D eigenvalue weighted by Crippen LogP contribution is 2.36. The number of nitrogens with zero attached hydrogens (tertiary/aromatic N) is 2. The van der Waals surface area contributed by atoms with Crippen LogP contribution in [-0.4, -0.2) is 9.97 Å². The van der Waals surface area contributed by atoms with Crippen LogP contribution in [0.2, 0.25) is 5.02 Å². The van der Waals surface area contributed by atoms with Gasteiger partial charge in [-0.2, -0.15) is 18.2 Å². The standard InChI is InChI=1S/C17H14ClF3N4O/c1-10-7-15(22-9-12-3-2-6-26-12)25-16(23-10)24-11-4-5-14(18)13(8-11)17(19,20)21/h2-8H,9H2,1H3,(H2,22,23,24,25). The molecular formula is C17H14ClF3N4O. The molecule has 26 heavy (non-hydrogen) atoms. The minimum absolute atomic E-state index is 0.169. The Bertz CT molecular complexity index is 898. The Kier molecular flexibility index (Phi) is 5.03. The first-order chi connectivity index (χ1) is 12.3. The fourth-order valence-corrected chi connectivity index (χ4v) is 2.48. The minimum Gasteiger partial charge on any atom is -0.467 e. The number of alkyl halides is 3. The van der Waals surface area contributed by atoms with Crippen LogP contribution in [0.15, 0.2) is 47.1 Å². The van der Waals surface area contributed by atoms with E-state index >= 15 is 0 Å². The van der Waals surface area contributed by atoms with E-state index in [9.17, 15) is 13.2 Å². The van der Waals surface area contributed by atoms with Gasteiger partial charge in [-0.05, 0) is 37.3 Å². The van der Waals surface area contributed by atoms with Gasteiger partial charge in [0.25, 0.3) is 0 Å². The summed E-state index contributed by atoms with van der Waals surface area (Å²) in [6.07, 6.45) is -2.98. The maximum atomic E-state index is 13.0. The zero-order valence-corrected chi connectivity index (χ0v) is 14.3. The lowest BCUT2D eigenvalue weighted by atomic mass is 10.2. The number of aromatic nitrogens is 2. The van der Waals surface area contributed by atoms with Crippen LogP contribution in [0.4, 0.5) is 30.6 Å². The third kappa shape index (κ3) is 4.45. The maximum absolute atomic E-state index is 13.0. The molecule has 136 valence electrons. The Hall–Kier alpha value is -2.74. The highest BCUT2D eigenvalue weighted by atomic mass is 35.5. The summed E-state index contributed by atoms with van der Waals surface area (Å²) < 4.78 is 44.1. The van der Waals surface area contributed by atoms with Crippen LogP contribution in [-0.2, 0) is 12.7 Å². The topological polar surface area (TPSA) is 63.0 Å². The van der Waals surface area contributed by atoms with E-state index in [4.69, 9.17) is 16.0 Å². The Morgan fingerprint density at radius 3 is 2.65 bits per heavy atom. The van der Waals surface area contributed by atoms with E-state index in [1.54, 1.807) is 25.3 Å². The molecule has 3 rings (SSSR count). The summed E-state index contributed by atoms with van der Waals surface area (Å²) in [6.45, 7) is 2.18. The van der Waals surface area contributed by atoms with Crippen molar-refractivity contribution in [2.24, 2.45) is 0 Å². The van der Waals surface area contributed by atoms with Gasteiger partial charge >= 0.3 is 6.18 Å². The van der Waals surface area contributed by atoms with E-state index in [1.807, 2.05) is 6.07 Å². The molecule has 3 aromatic rings. The number of hydrogen-bond donors (Lipinski definition) is 2. The minimum atomic E-state index is -4.54. The number of rotatable bonds is 5. The van der Waals surface area contributed by atoms with Crippen LogP contribution in [0.25, 0.3) is 0 Å². The lowest BCUT2D eigenvalue weighted by Crippen LogP contribution is -2.08. The van der Waals surface area contributed by atoms with Crippen LogP contribution in [0.3, 0.4) is 0 Å². The first-order valence-corrected chi connectivity index (χ1v) is 7.95. The fraction of sp³-hybridized carbons (Fsp3) is 0.176. The maximum Gasteiger partial charge on any atom is 0.417 e. The molecule has 2 aromatic heterocycles. The number of aryl methyl sites for hydroxylation is 1. The number of nitrogens with one attached hydrogen (secondary N) is 2. The van der Waals surface area contributed by atoms with Gasteiger partial charge in [0.15, 0.2) is 0 Å². The Morgan fingerprint density at radius 1 is 1.15 bits per heavy atom. The summed E-state index contributed by atoms with van der Waals surface area (Å²) in [7, 11) is 0. The molecule has 0 atom stereocenters. The summed E-state index contributed by atoms with van der Waals surface area (Å²) in [5, 5.41) is 5.48. The summed E-state index contributed by atoms with van der Waals surface area (Å²) in [5.74, 6) is 1.41. The Morgan fingerprint density at radius 2 is 1.96 bits per heavy atom. The monoisotopic (exact) mass is 382 g/mol. The molecule has 2 heterocycles. The molecule has 0 fully saturated rings. The van der Waals surface area contributed by atoms with Gasteiger partial charge in [0, 0.05) is 17.4 Å². The molecule has 2 N–H and O–H groups in total. The van der Waals surface area contributed by atoms with Crippen molar-refractivity contribution in [1.82, 2.24) is 9.97 Å². The first-order valence-electron chi connectivity index (χ1n) is 7.57. The second kappa shape index (κ2) is 7.25. The smallest absolute Gasteiger partial charge is 0.417 e. The molecule has 0 spiro atoms. The van der Waals surface area contributed by atoms with Crippen molar-refractivity contribution in [3.05, 3.63) is 64.7 Å². The van der Waals surface area contributed by atoms with Crippen molar-refractivity contribution >= 4 is 29.1 Å². The second-order valence-electron chi connectivity index (χ2n) is 5.47. The van der Waals surface area contributed by atoms with Gasteiger partial charge in [-0.3, -0.25) is 0 Å². The molecule has 0 aliphatic carbocycles. The molecule has 0 bridgehead atoms. The average Bonchev–Trinajstić information content (AvgIpc) is 3.07. The van der Waals surface area contributed by atoms with Crippen LogP contribution >= 0.6 is 11.6 Å². The molecule has 0 radical (unpaired) electrons. The zero-order chi connectivity index (χ0) is 18.7. The number of anilines is 3. The SMILES string of the molecule is Cc1cc(NCc2ccco2)nc(Nc2ccc(Cl)c(C(F)(F)F)c2)n1. The molecule has 0 aliphatic rings. The highest BCUT2D eigenvalue weighted by molar-refractivity contribution is 6.31. The number of hydrogen-bond acceptors (Lipinski definition) is 5. The molecule has 0 aliphatic heterocycles. The van der Waals surface area contributed by atoms with Crippen molar-refractivity contribution in [1.29, 1.82) is 0 Å². The van der Waals surface area contributed by atoms with Crippen molar-refractivity contribution in [3.8, 4) is 0 Å². The van der Waals surface area contributed by atoms with Crippen molar-refractivity contribution in [2.75, 3.05) is 10.6 Å². The van der Waals surface area contributed by atoms with Gasteiger partial charge < -0.3 is 15.1 Å². The summed E-state index contributed by atoms with van der Waals surface area (Å²) in [6, 6.07) is 8.83. The van der Waals surface area contributed by atoms with Gasteiger partial charge in [-0.25, -0.2) is 4.98 Å². The molecule has 0 saturated carbocycles. The highest BCUT2D eigenvalue weighted by Gasteiger charge is 2.33. The summed E-state index contributed by atoms with van der Waals surface area (Å²) in [4.78, 5) is 8.44. The third-order valence-corrected chi connectivity index (χ3v) is 3.74. The van der Waals surface area contributed by atoms with E-state index < -0.39 is 11.7 Å². The number of benzene rings is 1. The molecule has 5 nitrogen and oxygen atoms in total. The predicted molar refractivity (Wildman–Crippen MR) is 92.5 cm³/mol. The van der Waals surface area contributed by atoms with Crippen molar-refractivity contribution < 1.29 is 17.6 Å². The Labute approximate surface area is 152 Å². The van der Waals surface area contributed by atoms with Gasteiger partial charge in [-0.1, -0.05) is 11.6 Å². The average molecular weight is 383 g/mol. The van der Waals surface area contributed by atoms with Crippen molar-refractivity contribution in [2.45, 2.75) is 19.6 Å². The van der Waals surface area contributed by atoms with Gasteiger partial charge in [0.2, 0.25) is 5.95 Å². The molecule has 1 aromatic carbocycles. The lowest BCUT2D eigenvalue weighted by Gasteiger charge is -2.13. The predicted octanol–water partition coefficient (Wildman–Crippen LogP) is 5.41. The van der Waals surface area contributed by atoms with E-state index in [-0.39, 0.29) is 16.7 Å². The Balaban J connectivity index is 1.79. The van der Waals surface area contributed by atoms with Crippen LogP contribution in [0.1, 0.15) is 17.0 Å². The van der Waals surface area contributed by atoms with Gasteiger partial charge in [0.05, 0.1) is 23.4 Å². The normalized spacial score (nSPS) is 11.4. The largest absolute Gasteiger partial charge is 0.467 e. The van der Waals surface area contributed by atoms with E-state index in [2.05, 4.69) is 20.6 Å². The lowest BCUT2D eigenvalue weighted by molar-refractivity contribution is -0.137. The molecule has 0 unspecified atom stereocenters. The molecule has 0 amide bonds. The zero-order valence-electron chi connectivity index (χ0n) is 13.6. The number of halogens is 4. The van der Waals surface area contributed by atoms with Crippen LogP contribution < -0.4 is 10.6 Å².